The number of nitrogens with zero attached hydrogens (tertiary/aromatic N) is 3. The van der Waals surface area contributed by atoms with Crippen molar-refractivity contribution in [1.29, 1.82) is 0 Å². The molecule has 2 aliphatic rings. The normalized spacial score (nSPS) is 18.4. The van der Waals surface area contributed by atoms with Crippen molar-refractivity contribution in [3.05, 3.63) is 75.7 Å². The zero-order valence-electron chi connectivity index (χ0n) is 21.2. The molecule has 9 nitrogen and oxygen atoms in total. The first-order chi connectivity index (χ1) is 18.3. The third-order valence-corrected chi connectivity index (χ3v) is 6.79. The summed E-state index contributed by atoms with van der Waals surface area (Å²) < 4.78 is 24.5. The van der Waals surface area contributed by atoms with Crippen molar-refractivity contribution in [2.24, 2.45) is 11.0 Å². The molecule has 0 radical (unpaired) electrons. The molecular formula is C27H30ClFN4O5. The average molecular weight is 545 g/mol. The van der Waals surface area contributed by atoms with Gasteiger partial charge in [0.1, 0.15) is 5.82 Å². The van der Waals surface area contributed by atoms with Crippen molar-refractivity contribution >= 4 is 34.9 Å². The SMILES string of the molecule is COC/C(NCc1ccccc1CN1CCOCC1)=C1\C(=O)N(c2ccc(F)cc2Cl)N=C1C(C)C(=O)O. The summed E-state index contributed by atoms with van der Waals surface area (Å²) in [4.78, 5) is 27.9. The molecule has 2 aromatic carbocycles. The Balaban J connectivity index is 1.66. The second-order valence-electron chi connectivity index (χ2n) is 9.06. The number of carbonyl (C=O) groups is 2. The molecule has 1 unspecified atom stereocenters. The maximum absolute atomic E-state index is 13.6. The van der Waals surface area contributed by atoms with Crippen LogP contribution in [0.2, 0.25) is 5.02 Å². The van der Waals surface area contributed by atoms with Gasteiger partial charge in [0.15, 0.2) is 0 Å². The fourth-order valence-electron chi connectivity index (χ4n) is 4.38. The highest BCUT2D eigenvalue weighted by Crippen LogP contribution is 2.33. The Morgan fingerprint density at radius 1 is 1.24 bits per heavy atom. The van der Waals surface area contributed by atoms with E-state index < -0.39 is 23.6 Å². The number of rotatable bonds is 10. The first-order valence-corrected chi connectivity index (χ1v) is 12.6. The van der Waals surface area contributed by atoms with Crippen molar-refractivity contribution in [1.82, 2.24) is 10.2 Å². The number of ether oxygens (including phenoxy) is 2. The standard InChI is InChI=1S/C27H30ClFN4O5/c1-17(27(35)36)25-24(26(34)33(31-25)23-8-7-20(29)13-21(23)28)22(16-37-2)30-14-18-5-3-4-6-19(18)15-32-9-11-38-12-10-32/h3-8,13,17,30H,9-12,14-16H2,1-2H3,(H,35,36)/b24-22+. The number of aliphatic carboxylic acids is 1. The molecule has 2 N–H and O–H groups in total. The molecule has 1 atom stereocenters. The van der Waals surface area contributed by atoms with Crippen LogP contribution in [0, 0.1) is 11.7 Å². The molecule has 0 aliphatic carbocycles. The minimum atomic E-state index is -1.14. The van der Waals surface area contributed by atoms with Gasteiger partial charge in [0.05, 0.1) is 53.4 Å². The molecule has 0 saturated carbocycles. The van der Waals surface area contributed by atoms with Crippen molar-refractivity contribution in [2.75, 3.05) is 45.0 Å². The van der Waals surface area contributed by atoms with Gasteiger partial charge in [0.25, 0.3) is 5.91 Å². The number of carboxylic acids is 1. The van der Waals surface area contributed by atoms with Crippen LogP contribution >= 0.6 is 11.6 Å². The number of hydrazone groups is 1. The number of amides is 1. The Morgan fingerprint density at radius 3 is 2.61 bits per heavy atom. The van der Waals surface area contributed by atoms with Crippen molar-refractivity contribution in [3.8, 4) is 0 Å². The number of carboxylic acid groups (broad SMARTS) is 1. The lowest BCUT2D eigenvalue weighted by Crippen LogP contribution is -2.36. The predicted molar refractivity (Wildman–Crippen MR) is 141 cm³/mol. The summed E-state index contributed by atoms with van der Waals surface area (Å²) in [5, 5.41) is 18.3. The Labute approximate surface area is 225 Å². The van der Waals surface area contributed by atoms with Crippen LogP contribution < -0.4 is 10.3 Å². The van der Waals surface area contributed by atoms with E-state index in [0.29, 0.717) is 25.5 Å². The number of morpholine rings is 1. The number of nitrogens with one attached hydrogen (secondary N) is 1. The number of methoxy groups -OCH3 is 1. The lowest BCUT2D eigenvalue weighted by atomic mass is 9.96. The largest absolute Gasteiger partial charge is 0.481 e. The van der Waals surface area contributed by atoms with Gasteiger partial charge >= 0.3 is 5.97 Å². The van der Waals surface area contributed by atoms with E-state index in [1.165, 1.54) is 20.1 Å². The van der Waals surface area contributed by atoms with E-state index in [4.69, 9.17) is 21.1 Å². The summed E-state index contributed by atoms with van der Waals surface area (Å²) in [5.74, 6) is -3.39. The molecule has 1 amide bonds. The summed E-state index contributed by atoms with van der Waals surface area (Å²) in [5.41, 5.74) is 2.86. The number of anilines is 1. The maximum atomic E-state index is 13.6. The highest BCUT2D eigenvalue weighted by molar-refractivity contribution is 6.37. The van der Waals surface area contributed by atoms with Crippen LogP contribution in [0.25, 0.3) is 0 Å². The van der Waals surface area contributed by atoms with Gasteiger partial charge in [-0.2, -0.15) is 10.1 Å². The van der Waals surface area contributed by atoms with Gasteiger partial charge < -0.3 is 19.9 Å². The van der Waals surface area contributed by atoms with Crippen LogP contribution in [0.4, 0.5) is 10.1 Å². The van der Waals surface area contributed by atoms with E-state index in [-0.39, 0.29) is 28.6 Å². The Hall–Kier alpha value is -3.31. The second kappa shape index (κ2) is 12.5. The summed E-state index contributed by atoms with van der Waals surface area (Å²) in [6.45, 7) is 5.71. The summed E-state index contributed by atoms with van der Waals surface area (Å²) in [6.07, 6.45) is 0. The van der Waals surface area contributed by atoms with Crippen LogP contribution in [-0.4, -0.2) is 67.6 Å². The van der Waals surface area contributed by atoms with Gasteiger partial charge in [-0.25, -0.2) is 4.39 Å². The number of hydrogen-bond acceptors (Lipinski definition) is 7. The van der Waals surface area contributed by atoms with Crippen LogP contribution in [0.15, 0.2) is 58.8 Å². The van der Waals surface area contributed by atoms with Gasteiger partial charge in [-0.3, -0.25) is 14.5 Å². The van der Waals surface area contributed by atoms with Crippen LogP contribution in [0.3, 0.4) is 0 Å². The zero-order chi connectivity index (χ0) is 27.2. The van der Waals surface area contributed by atoms with Crippen molar-refractivity contribution in [3.63, 3.8) is 0 Å². The number of hydrogen-bond donors (Lipinski definition) is 2. The van der Waals surface area contributed by atoms with E-state index in [1.54, 1.807) is 0 Å². The lowest BCUT2D eigenvalue weighted by Gasteiger charge is -2.27. The average Bonchev–Trinajstić information content (AvgIpc) is 3.23. The van der Waals surface area contributed by atoms with Crippen LogP contribution in [-0.2, 0) is 32.2 Å². The quantitative estimate of drug-likeness (QED) is 0.442. The summed E-state index contributed by atoms with van der Waals surface area (Å²) in [6, 6.07) is 11.6. The Kier molecular flexibility index (Phi) is 9.11. The van der Waals surface area contributed by atoms with Gasteiger partial charge in [-0.1, -0.05) is 35.9 Å². The van der Waals surface area contributed by atoms with Gasteiger partial charge in [-0.15, -0.1) is 0 Å². The minimum Gasteiger partial charge on any atom is -0.481 e. The van der Waals surface area contributed by atoms with Gasteiger partial charge in [-0.05, 0) is 36.2 Å². The third kappa shape index (κ3) is 6.21. The molecule has 1 fully saturated rings. The molecule has 0 spiro atoms. The maximum Gasteiger partial charge on any atom is 0.312 e. The molecule has 0 aromatic heterocycles. The molecule has 202 valence electrons. The molecule has 38 heavy (non-hydrogen) atoms. The highest BCUT2D eigenvalue weighted by Gasteiger charge is 2.39. The Morgan fingerprint density at radius 2 is 1.95 bits per heavy atom. The predicted octanol–water partition coefficient (Wildman–Crippen LogP) is 3.42. The van der Waals surface area contributed by atoms with E-state index in [9.17, 15) is 19.1 Å². The Bertz CT molecular complexity index is 1260. The fourth-order valence-corrected chi connectivity index (χ4v) is 4.63. The monoisotopic (exact) mass is 544 g/mol. The molecule has 2 heterocycles. The molecule has 2 aromatic rings. The molecule has 2 aliphatic heterocycles. The first kappa shape index (κ1) is 27.7. The molecule has 4 rings (SSSR count). The number of halogens is 2. The molecule has 1 saturated heterocycles. The summed E-state index contributed by atoms with van der Waals surface area (Å²) in [7, 11) is 1.49. The van der Waals surface area contributed by atoms with E-state index >= 15 is 0 Å². The molecule has 0 bridgehead atoms. The zero-order valence-corrected chi connectivity index (χ0v) is 22.0. The smallest absolute Gasteiger partial charge is 0.312 e. The fraction of sp³-hybridized carbons (Fsp3) is 0.370. The van der Waals surface area contributed by atoms with Gasteiger partial charge in [0, 0.05) is 33.3 Å². The second-order valence-corrected chi connectivity index (χ2v) is 9.46. The topological polar surface area (TPSA) is 104 Å². The number of carbonyl (C=O) groups excluding carboxylic acids is 1. The van der Waals surface area contributed by atoms with E-state index in [2.05, 4.69) is 21.4 Å². The third-order valence-electron chi connectivity index (χ3n) is 6.49. The minimum absolute atomic E-state index is 0.0169. The highest BCUT2D eigenvalue weighted by atomic mass is 35.5. The first-order valence-electron chi connectivity index (χ1n) is 12.2. The lowest BCUT2D eigenvalue weighted by molar-refractivity contribution is -0.138. The van der Waals surface area contributed by atoms with Crippen molar-refractivity contribution in [2.45, 2.75) is 20.0 Å². The van der Waals surface area contributed by atoms with Gasteiger partial charge in [0.2, 0.25) is 0 Å². The van der Waals surface area contributed by atoms with Crippen molar-refractivity contribution < 1.29 is 28.6 Å². The van der Waals surface area contributed by atoms with E-state index in [0.717, 1.165) is 47.9 Å². The molecule has 11 heteroatoms. The number of benzene rings is 2. The van der Waals surface area contributed by atoms with Crippen LogP contribution in [0.5, 0.6) is 0 Å². The molecular weight excluding hydrogens is 515 g/mol. The summed E-state index contributed by atoms with van der Waals surface area (Å²) >= 11 is 6.20. The van der Waals surface area contributed by atoms with Crippen LogP contribution in [0.1, 0.15) is 18.1 Å². The van der Waals surface area contributed by atoms with E-state index in [1.807, 2.05) is 18.2 Å².